The van der Waals surface area contributed by atoms with Crippen LogP contribution in [-0.2, 0) is 6.42 Å². The number of hydrogen-bond donors (Lipinski definition) is 1. The number of nitrogen functional groups attached to an aromatic ring is 1. The first kappa shape index (κ1) is 14.4. The molecule has 3 rings (SSSR count). The molecule has 1 saturated heterocycles. The van der Waals surface area contributed by atoms with Gasteiger partial charge >= 0.3 is 0 Å². The normalized spacial score (nSPS) is 18.2. The summed E-state index contributed by atoms with van der Waals surface area (Å²) < 4.78 is 0. The summed E-state index contributed by atoms with van der Waals surface area (Å²) in [5.41, 5.74) is 7.13. The second-order valence-electron chi connectivity index (χ2n) is 5.65. The van der Waals surface area contributed by atoms with Gasteiger partial charge in [-0.15, -0.1) is 5.10 Å². The van der Waals surface area contributed by atoms with E-state index < -0.39 is 0 Å². The first-order valence-electron chi connectivity index (χ1n) is 7.50. The van der Waals surface area contributed by atoms with Gasteiger partial charge in [0.1, 0.15) is 5.82 Å². The first-order valence-corrected chi connectivity index (χ1v) is 7.50. The van der Waals surface area contributed by atoms with E-state index in [0.717, 1.165) is 38.0 Å². The van der Waals surface area contributed by atoms with Crippen LogP contribution in [0.1, 0.15) is 28.9 Å². The van der Waals surface area contributed by atoms with E-state index in [-0.39, 0.29) is 5.91 Å². The third kappa shape index (κ3) is 3.39. The Hall–Kier alpha value is -2.50. The zero-order chi connectivity index (χ0) is 15.4. The van der Waals surface area contributed by atoms with Crippen molar-refractivity contribution in [2.24, 2.45) is 5.92 Å². The van der Waals surface area contributed by atoms with Crippen molar-refractivity contribution in [3.63, 3.8) is 0 Å². The molecule has 1 aliphatic rings. The van der Waals surface area contributed by atoms with E-state index in [1.54, 1.807) is 24.5 Å². The second kappa shape index (κ2) is 6.51. The van der Waals surface area contributed by atoms with Crippen LogP contribution in [0.3, 0.4) is 0 Å². The molecule has 2 N–H and O–H groups in total. The molecule has 22 heavy (non-hydrogen) atoms. The zero-order valence-corrected chi connectivity index (χ0v) is 12.4. The number of pyridine rings is 1. The summed E-state index contributed by atoms with van der Waals surface area (Å²) >= 11 is 0. The van der Waals surface area contributed by atoms with Gasteiger partial charge in [-0.2, -0.15) is 5.10 Å². The fourth-order valence-electron chi connectivity index (χ4n) is 2.86. The number of nitrogens with two attached hydrogens (primary N) is 1. The molecule has 0 aromatic carbocycles. The smallest absolute Gasteiger partial charge is 0.255 e. The number of carbonyl (C=O) groups excluding carboxylic acids is 1. The van der Waals surface area contributed by atoms with Crippen molar-refractivity contribution in [3.8, 4) is 0 Å². The van der Waals surface area contributed by atoms with Crippen molar-refractivity contribution in [2.45, 2.75) is 19.3 Å². The van der Waals surface area contributed by atoms with Crippen molar-refractivity contribution >= 4 is 11.7 Å². The van der Waals surface area contributed by atoms with Crippen LogP contribution in [0.25, 0.3) is 0 Å². The minimum atomic E-state index is 0.0567. The number of piperidine rings is 1. The van der Waals surface area contributed by atoms with Gasteiger partial charge in [0.2, 0.25) is 0 Å². The predicted octanol–water partition coefficient (Wildman–Crippen LogP) is 1.55. The van der Waals surface area contributed by atoms with Crippen LogP contribution < -0.4 is 5.73 Å². The Morgan fingerprint density at radius 3 is 2.95 bits per heavy atom. The van der Waals surface area contributed by atoms with E-state index in [1.807, 2.05) is 17.0 Å². The maximum atomic E-state index is 12.5. The van der Waals surface area contributed by atoms with Crippen molar-refractivity contribution in [1.82, 2.24) is 20.1 Å². The molecule has 1 atom stereocenters. The van der Waals surface area contributed by atoms with Gasteiger partial charge in [-0.25, -0.2) is 0 Å². The van der Waals surface area contributed by atoms with Gasteiger partial charge in [-0.3, -0.25) is 9.78 Å². The van der Waals surface area contributed by atoms with Gasteiger partial charge in [-0.1, -0.05) is 0 Å². The Kier molecular flexibility index (Phi) is 4.27. The minimum absolute atomic E-state index is 0.0567. The topological polar surface area (TPSA) is 85.0 Å². The van der Waals surface area contributed by atoms with Crippen molar-refractivity contribution < 1.29 is 4.79 Å². The molecule has 1 amide bonds. The Balaban J connectivity index is 1.64. The minimum Gasteiger partial charge on any atom is -0.382 e. The van der Waals surface area contributed by atoms with E-state index in [2.05, 4.69) is 15.2 Å². The number of carbonyl (C=O) groups is 1. The molecule has 0 saturated carbocycles. The molecule has 0 bridgehead atoms. The number of aromatic nitrogens is 3. The molecular weight excluding hydrogens is 278 g/mol. The van der Waals surface area contributed by atoms with Crippen LogP contribution in [-0.4, -0.2) is 39.1 Å². The predicted molar refractivity (Wildman–Crippen MR) is 83.0 cm³/mol. The van der Waals surface area contributed by atoms with Crippen LogP contribution >= 0.6 is 0 Å². The van der Waals surface area contributed by atoms with Crippen LogP contribution in [0.4, 0.5) is 5.82 Å². The van der Waals surface area contributed by atoms with E-state index >= 15 is 0 Å². The lowest BCUT2D eigenvalue weighted by molar-refractivity contribution is 0.0672. The third-order valence-corrected chi connectivity index (χ3v) is 3.95. The summed E-state index contributed by atoms with van der Waals surface area (Å²) in [5, 5.41) is 8.00. The number of nitrogens with zero attached hydrogens (tertiary/aromatic N) is 4. The third-order valence-electron chi connectivity index (χ3n) is 3.95. The summed E-state index contributed by atoms with van der Waals surface area (Å²) in [7, 11) is 0. The molecule has 6 heteroatoms. The molecule has 6 nitrogen and oxygen atoms in total. The van der Waals surface area contributed by atoms with E-state index in [9.17, 15) is 4.79 Å². The number of hydrogen-bond acceptors (Lipinski definition) is 5. The summed E-state index contributed by atoms with van der Waals surface area (Å²) in [6.45, 7) is 1.55. The fourth-order valence-corrected chi connectivity index (χ4v) is 2.86. The summed E-state index contributed by atoms with van der Waals surface area (Å²) in [6, 6.07) is 7.27. The van der Waals surface area contributed by atoms with Gasteiger partial charge in [0.25, 0.3) is 5.91 Å². The summed E-state index contributed by atoms with van der Waals surface area (Å²) in [4.78, 5) is 18.4. The molecular formula is C16H19N5O. The standard InChI is InChI=1S/C16H19N5O/c17-15-6-5-14(19-20-15)9-12-3-2-8-21(11-12)16(22)13-4-1-7-18-10-13/h1,4-7,10,12H,2-3,8-9,11H2,(H2,17,20)/t12-/m0/s1. The molecule has 2 aromatic heterocycles. The van der Waals surface area contributed by atoms with Gasteiger partial charge < -0.3 is 10.6 Å². The molecule has 0 unspecified atom stereocenters. The van der Waals surface area contributed by atoms with Crippen molar-refractivity contribution in [2.75, 3.05) is 18.8 Å². The number of anilines is 1. The van der Waals surface area contributed by atoms with E-state index in [0.29, 0.717) is 17.3 Å². The summed E-state index contributed by atoms with van der Waals surface area (Å²) in [6.07, 6.45) is 6.24. The maximum absolute atomic E-state index is 12.5. The first-order chi connectivity index (χ1) is 10.7. The lowest BCUT2D eigenvalue weighted by Gasteiger charge is -2.32. The SMILES string of the molecule is Nc1ccc(C[C@@H]2CCCN(C(=O)c3cccnc3)C2)nn1. The number of likely N-dealkylation sites (tertiary alicyclic amines) is 1. The summed E-state index contributed by atoms with van der Waals surface area (Å²) in [5.74, 6) is 0.897. The molecule has 114 valence electrons. The van der Waals surface area contributed by atoms with Gasteiger partial charge in [0.15, 0.2) is 0 Å². The molecule has 1 aliphatic heterocycles. The maximum Gasteiger partial charge on any atom is 0.255 e. The second-order valence-corrected chi connectivity index (χ2v) is 5.65. The van der Waals surface area contributed by atoms with Gasteiger partial charge in [-0.05, 0) is 49.4 Å². The monoisotopic (exact) mass is 297 g/mol. The highest BCUT2D eigenvalue weighted by Crippen LogP contribution is 2.21. The highest BCUT2D eigenvalue weighted by Gasteiger charge is 2.25. The van der Waals surface area contributed by atoms with E-state index in [4.69, 9.17) is 5.73 Å². The molecule has 2 aromatic rings. The van der Waals surface area contributed by atoms with Gasteiger partial charge in [0.05, 0.1) is 11.3 Å². The lowest BCUT2D eigenvalue weighted by atomic mass is 9.93. The van der Waals surface area contributed by atoms with Crippen LogP contribution in [0.2, 0.25) is 0 Å². The molecule has 3 heterocycles. The Bertz CT molecular complexity index is 629. The number of amides is 1. The van der Waals surface area contributed by atoms with Crippen LogP contribution in [0.5, 0.6) is 0 Å². The van der Waals surface area contributed by atoms with Gasteiger partial charge in [0, 0.05) is 25.5 Å². The highest BCUT2D eigenvalue weighted by molar-refractivity contribution is 5.93. The zero-order valence-electron chi connectivity index (χ0n) is 12.4. The molecule has 0 spiro atoms. The van der Waals surface area contributed by atoms with Crippen molar-refractivity contribution in [1.29, 1.82) is 0 Å². The van der Waals surface area contributed by atoms with Crippen molar-refractivity contribution in [3.05, 3.63) is 47.9 Å². The molecule has 0 radical (unpaired) electrons. The number of rotatable bonds is 3. The Morgan fingerprint density at radius 1 is 1.32 bits per heavy atom. The fraction of sp³-hybridized carbons (Fsp3) is 0.375. The van der Waals surface area contributed by atoms with Crippen LogP contribution in [0.15, 0.2) is 36.7 Å². The molecule has 0 aliphatic carbocycles. The highest BCUT2D eigenvalue weighted by atomic mass is 16.2. The van der Waals surface area contributed by atoms with E-state index in [1.165, 1.54) is 0 Å². The molecule has 1 fully saturated rings. The average molecular weight is 297 g/mol. The largest absolute Gasteiger partial charge is 0.382 e. The Labute approximate surface area is 129 Å². The quantitative estimate of drug-likeness (QED) is 0.929. The average Bonchev–Trinajstić information content (AvgIpc) is 2.57. The lowest BCUT2D eigenvalue weighted by Crippen LogP contribution is -2.40. The Morgan fingerprint density at radius 2 is 2.23 bits per heavy atom. The van der Waals surface area contributed by atoms with Crippen LogP contribution in [0, 0.1) is 5.92 Å².